The number of carbonyl (C=O) groups is 3. The highest BCUT2D eigenvalue weighted by Crippen LogP contribution is 2.34. The van der Waals surface area contributed by atoms with Crippen LogP contribution in [-0.4, -0.2) is 45.9 Å². The summed E-state index contributed by atoms with van der Waals surface area (Å²) in [6.45, 7) is 3.14. The molecule has 1 aliphatic carbocycles. The molecule has 0 aliphatic heterocycles. The second-order valence-electron chi connectivity index (χ2n) is 10.3. The second kappa shape index (κ2) is 11.5. The molecule has 1 aromatic heterocycles. The maximum Gasteiger partial charge on any atom is 0.323 e. The Morgan fingerprint density at radius 2 is 2.00 bits per heavy atom. The van der Waals surface area contributed by atoms with Gasteiger partial charge in [0.1, 0.15) is 24.2 Å². The predicted octanol–water partition coefficient (Wildman–Crippen LogP) is 4.12. The van der Waals surface area contributed by atoms with Gasteiger partial charge < -0.3 is 31.5 Å². The number of nitrogens with two attached hydrogens (primary N) is 1. The smallest absolute Gasteiger partial charge is 0.323 e. The fourth-order valence-corrected chi connectivity index (χ4v) is 4.26. The molecule has 6 N–H and O–H groups in total. The van der Waals surface area contributed by atoms with Crippen molar-refractivity contribution >= 4 is 46.2 Å². The van der Waals surface area contributed by atoms with Crippen LogP contribution in [0, 0.1) is 11.7 Å². The Hall–Kier alpha value is -3.83. The topological polar surface area (TPSA) is 148 Å². The number of amides is 4. The molecule has 0 bridgehead atoms. The van der Waals surface area contributed by atoms with Crippen LogP contribution in [0.4, 0.5) is 19.7 Å². The highest BCUT2D eigenvalue weighted by atomic mass is 35.5. The summed E-state index contributed by atoms with van der Waals surface area (Å²) in [6.07, 6.45) is 3.71. The summed E-state index contributed by atoms with van der Waals surface area (Å²) < 4.78 is 21.0. The number of anilines is 1. The Kier molecular flexibility index (Phi) is 8.31. The molecule has 208 valence electrons. The van der Waals surface area contributed by atoms with Gasteiger partial charge in [0.25, 0.3) is 0 Å². The van der Waals surface area contributed by atoms with E-state index in [9.17, 15) is 23.9 Å². The lowest BCUT2D eigenvalue weighted by Gasteiger charge is -2.19. The van der Waals surface area contributed by atoms with E-state index in [2.05, 4.69) is 16.0 Å². The molecule has 1 heterocycles. The van der Waals surface area contributed by atoms with Gasteiger partial charge in [-0.15, -0.1) is 0 Å². The van der Waals surface area contributed by atoms with Crippen molar-refractivity contribution in [3.8, 4) is 5.75 Å². The minimum atomic E-state index is -1.06. The molecule has 10 nitrogen and oxygen atoms in total. The van der Waals surface area contributed by atoms with E-state index in [0.717, 1.165) is 12.8 Å². The second-order valence-corrected chi connectivity index (χ2v) is 10.7. The van der Waals surface area contributed by atoms with Crippen LogP contribution < -0.4 is 26.4 Å². The summed E-state index contributed by atoms with van der Waals surface area (Å²) in [4.78, 5) is 37.9. The molecule has 1 saturated carbocycles. The average Bonchev–Trinajstić information content (AvgIpc) is 3.62. The van der Waals surface area contributed by atoms with E-state index >= 15 is 0 Å². The first-order chi connectivity index (χ1) is 18.4. The minimum absolute atomic E-state index is 0.0231. The Morgan fingerprint density at radius 1 is 1.26 bits per heavy atom. The van der Waals surface area contributed by atoms with Crippen molar-refractivity contribution in [3.05, 3.63) is 59.0 Å². The van der Waals surface area contributed by atoms with Crippen LogP contribution >= 0.6 is 11.6 Å². The molecule has 0 spiro atoms. The highest BCUT2D eigenvalue weighted by molar-refractivity contribution is 6.30. The van der Waals surface area contributed by atoms with Gasteiger partial charge >= 0.3 is 12.1 Å². The van der Waals surface area contributed by atoms with E-state index in [4.69, 9.17) is 22.1 Å². The number of aliphatic hydroxyl groups is 1. The Bertz CT molecular complexity index is 1400. The van der Waals surface area contributed by atoms with Gasteiger partial charge in [-0.1, -0.05) is 36.6 Å². The molecule has 3 aromatic rings. The monoisotopic (exact) mass is 559 g/mol. The number of ether oxygens (including phenoxy) is 1. The fourth-order valence-electron chi connectivity index (χ4n) is 4.07. The van der Waals surface area contributed by atoms with Crippen LogP contribution in [0.3, 0.4) is 0 Å². The largest absolute Gasteiger partial charge is 0.491 e. The van der Waals surface area contributed by atoms with Gasteiger partial charge in [0.2, 0.25) is 5.91 Å². The van der Waals surface area contributed by atoms with Crippen molar-refractivity contribution < 1.29 is 28.6 Å². The quantitative estimate of drug-likeness (QED) is 0.253. The number of nitrogens with one attached hydrogen (secondary N) is 3. The summed E-state index contributed by atoms with van der Waals surface area (Å²) in [7, 11) is 0. The first kappa shape index (κ1) is 28.2. The molecule has 0 unspecified atom stereocenters. The lowest BCUT2D eigenvalue weighted by molar-refractivity contribution is -0.123. The van der Waals surface area contributed by atoms with Crippen molar-refractivity contribution in [2.45, 2.75) is 51.3 Å². The third-order valence-electron chi connectivity index (χ3n) is 6.23. The zero-order valence-corrected chi connectivity index (χ0v) is 22.3. The Morgan fingerprint density at radius 3 is 2.67 bits per heavy atom. The van der Waals surface area contributed by atoms with Crippen molar-refractivity contribution in [3.63, 3.8) is 0 Å². The number of fused-ring (bicyclic) bond motifs is 1. The summed E-state index contributed by atoms with van der Waals surface area (Å²) in [5.41, 5.74) is 5.37. The zero-order valence-electron chi connectivity index (χ0n) is 21.6. The average molecular weight is 560 g/mol. The van der Waals surface area contributed by atoms with E-state index in [1.165, 1.54) is 22.9 Å². The molecule has 0 saturated heterocycles. The van der Waals surface area contributed by atoms with Gasteiger partial charge in [-0.25, -0.2) is 14.0 Å². The van der Waals surface area contributed by atoms with E-state index in [1.807, 2.05) is 0 Å². The van der Waals surface area contributed by atoms with Crippen molar-refractivity contribution in [2.24, 2.45) is 11.7 Å². The van der Waals surface area contributed by atoms with Crippen molar-refractivity contribution in [2.75, 3.05) is 11.9 Å². The molecule has 0 radical (unpaired) electrons. The molecule has 1 fully saturated rings. The first-order valence-corrected chi connectivity index (χ1v) is 12.9. The normalized spacial score (nSPS) is 14.1. The molecule has 4 rings (SSSR count). The van der Waals surface area contributed by atoms with Crippen LogP contribution in [0.1, 0.15) is 38.7 Å². The third-order valence-corrected chi connectivity index (χ3v) is 6.52. The van der Waals surface area contributed by atoms with Gasteiger partial charge in [-0.05, 0) is 50.5 Å². The number of halogens is 2. The van der Waals surface area contributed by atoms with Crippen LogP contribution in [-0.2, 0) is 11.3 Å². The molecule has 1 aliphatic rings. The number of hydrogen-bond acceptors (Lipinski definition) is 5. The molecule has 2 aromatic carbocycles. The number of benzene rings is 2. The molecular formula is C27H31ClFN5O5. The first-order valence-electron chi connectivity index (χ1n) is 12.5. The molecular weight excluding hydrogens is 529 g/mol. The summed E-state index contributed by atoms with van der Waals surface area (Å²) >= 11 is 5.82. The summed E-state index contributed by atoms with van der Waals surface area (Å²) in [6, 6.07) is 7.09. The zero-order chi connectivity index (χ0) is 28.3. The van der Waals surface area contributed by atoms with Gasteiger partial charge in [0.05, 0.1) is 21.8 Å². The van der Waals surface area contributed by atoms with Crippen molar-refractivity contribution in [1.82, 2.24) is 15.2 Å². The Balaban J connectivity index is 1.49. The lowest BCUT2D eigenvalue weighted by Crippen LogP contribution is -2.48. The van der Waals surface area contributed by atoms with Gasteiger partial charge in [-0.3, -0.25) is 9.36 Å². The predicted molar refractivity (Wildman–Crippen MR) is 145 cm³/mol. The lowest BCUT2D eigenvalue weighted by atomic mass is 10.1. The van der Waals surface area contributed by atoms with Crippen LogP contribution in [0.5, 0.6) is 5.75 Å². The summed E-state index contributed by atoms with van der Waals surface area (Å²) in [5.74, 6) is -0.357. The molecule has 4 amide bonds. The van der Waals surface area contributed by atoms with E-state index < -0.39 is 35.4 Å². The third kappa shape index (κ3) is 7.39. The van der Waals surface area contributed by atoms with Crippen LogP contribution in [0.15, 0.2) is 42.6 Å². The highest BCUT2D eigenvalue weighted by Gasteiger charge is 2.31. The number of hydrogen-bond donors (Lipinski definition) is 5. The van der Waals surface area contributed by atoms with E-state index in [1.54, 1.807) is 38.1 Å². The van der Waals surface area contributed by atoms with Crippen molar-refractivity contribution in [1.29, 1.82) is 0 Å². The van der Waals surface area contributed by atoms with Gasteiger partial charge in [-0.2, -0.15) is 0 Å². The maximum atomic E-state index is 14.2. The minimum Gasteiger partial charge on any atom is -0.491 e. The number of aromatic nitrogens is 1. The molecule has 39 heavy (non-hydrogen) atoms. The number of urea groups is 1. The number of rotatable bonds is 10. The van der Waals surface area contributed by atoms with Crippen LogP contribution in [0.25, 0.3) is 10.9 Å². The number of primary amides is 1. The summed E-state index contributed by atoms with van der Waals surface area (Å²) in [5, 5.41) is 18.4. The molecule has 1 atom stereocenters. The van der Waals surface area contributed by atoms with Gasteiger partial charge in [0, 0.05) is 23.7 Å². The number of carbonyl (C=O) groups excluding carboxylic acids is 3. The van der Waals surface area contributed by atoms with E-state index in [-0.39, 0.29) is 29.4 Å². The van der Waals surface area contributed by atoms with Crippen LogP contribution in [0.2, 0.25) is 5.02 Å². The standard InChI is InChI=1S/C27H31ClFN5O5/c1-27(2,38)14-39-17-8-9-22-18(11-17)21(13-34(22)25(30)36)33-26(37)32-20(10-15-6-7-15)24(35)31-12-16-4-3-5-19(28)23(16)29/h3-5,8-9,11,13,15,20,38H,6-7,10,12,14H2,1-2H3,(H2,30,36)(H,31,35)(H2,32,33,37)/t20-/m0/s1. The SMILES string of the molecule is CC(C)(O)COc1ccc2c(c1)c(NC(=O)N[C@@H](CC1CC1)C(=O)NCc1cccc(Cl)c1F)cn2C(N)=O. The fraction of sp³-hybridized carbons (Fsp3) is 0.370. The molecule has 12 heteroatoms. The van der Waals surface area contributed by atoms with Gasteiger partial charge in [0.15, 0.2) is 0 Å². The Labute approximate surface area is 229 Å². The maximum absolute atomic E-state index is 14.2. The number of nitrogens with zero attached hydrogens (tertiary/aromatic N) is 1. The van der Waals surface area contributed by atoms with E-state index in [0.29, 0.717) is 29.0 Å².